The van der Waals surface area contributed by atoms with Gasteiger partial charge in [0.05, 0.1) is 23.4 Å². The topological polar surface area (TPSA) is 68.3 Å². The molecule has 5 nitrogen and oxygen atoms in total. The molecule has 0 radical (unpaired) electrons. The summed E-state index contributed by atoms with van der Waals surface area (Å²) >= 11 is 0. The molecular formula is C17H19FN2O3. The van der Waals surface area contributed by atoms with E-state index in [4.69, 9.17) is 4.74 Å². The Hall–Kier alpha value is -2.50. The smallest absolute Gasteiger partial charge is 0.305 e. The standard InChI is InChI=1S/C17H19FN2O3/c1-3-23-16(21)5-4-8-19-17(22)14-9-12-6-7-13(18)10-15(12)20-11(14)2/h6-7,9-10H,3-5,8H2,1-2H3,(H,19,22). The second kappa shape index (κ2) is 7.67. The largest absolute Gasteiger partial charge is 0.466 e. The number of aryl methyl sites for hydroxylation is 1. The van der Waals surface area contributed by atoms with Crippen molar-refractivity contribution in [2.75, 3.05) is 13.2 Å². The van der Waals surface area contributed by atoms with Crippen molar-refractivity contribution in [3.8, 4) is 0 Å². The summed E-state index contributed by atoms with van der Waals surface area (Å²) in [5.74, 6) is -0.891. The molecule has 0 aliphatic rings. The number of carbonyl (C=O) groups excluding carboxylic acids is 2. The number of fused-ring (bicyclic) bond motifs is 1. The van der Waals surface area contributed by atoms with E-state index in [2.05, 4.69) is 10.3 Å². The number of amides is 1. The van der Waals surface area contributed by atoms with Gasteiger partial charge in [-0.3, -0.25) is 14.6 Å². The molecule has 6 heteroatoms. The van der Waals surface area contributed by atoms with Crippen molar-refractivity contribution in [2.45, 2.75) is 26.7 Å². The summed E-state index contributed by atoms with van der Waals surface area (Å²) in [5, 5.41) is 3.46. The van der Waals surface area contributed by atoms with Crippen LogP contribution in [0.2, 0.25) is 0 Å². The summed E-state index contributed by atoms with van der Waals surface area (Å²) < 4.78 is 18.0. The molecule has 1 N–H and O–H groups in total. The molecular weight excluding hydrogens is 299 g/mol. The average molecular weight is 318 g/mol. The maximum atomic E-state index is 13.2. The second-order valence-electron chi connectivity index (χ2n) is 5.12. The summed E-state index contributed by atoms with van der Waals surface area (Å²) in [6, 6.07) is 5.95. The van der Waals surface area contributed by atoms with Crippen LogP contribution in [0.3, 0.4) is 0 Å². The van der Waals surface area contributed by atoms with E-state index in [0.717, 1.165) is 0 Å². The van der Waals surface area contributed by atoms with Crippen LogP contribution in [0, 0.1) is 12.7 Å². The molecule has 0 aliphatic carbocycles. The van der Waals surface area contributed by atoms with Crippen molar-refractivity contribution in [3.63, 3.8) is 0 Å². The van der Waals surface area contributed by atoms with Crippen molar-refractivity contribution in [2.24, 2.45) is 0 Å². The number of esters is 1. The van der Waals surface area contributed by atoms with Crippen LogP contribution in [0.15, 0.2) is 24.3 Å². The number of benzene rings is 1. The first-order chi connectivity index (χ1) is 11.0. The normalized spacial score (nSPS) is 10.6. The molecule has 122 valence electrons. The fourth-order valence-electron chi connectivity index (χ4n) is 2.23. The molecule has 2 rings (SSSR count). The van der Waals surface area contributed by atoms with Crippen molar-refractivity contribution in [1.29, 1.82) is 0 Å². The van der Waals surface area contributed by atoms with Crippen LogP contribution in [0.4, 0.5) is 4.39 Å². The van der Waals surface area contributed by atoms with Gasteiger partial charge in [0.1, 0.15) is 5.82 Å². The Balaban J connectivity index is 1.99. The fraction of sp³-hybridized carbons (Fsp3) is 0.353. The van der Waals surface area contributed by atoms with Crippen molar-refractivity contribution >= 4 is 22.8 Å². The molecule has 2 aromatic rings. The maximum Gasteiger partial charge on any atom is 0.305 e. The number of rotatable bonds is 6. The first-order valence-corrected chi connectivity index (χ1v) is 7.52. The fourth-order valence-corrected chi connectivity index (χ4v) is 2.23. The number of ether oxygens (including phenoxy) is 1. The van der Waals surface area contributed by atoms with E-state index in [9.17, 15) is 14.0 Å². The average Bonchev–Trinajstić information content (AvgIpc) is 2.51. The van der Waals surface area contributed by atoms with Crippen LogP contribution >= 0.6 is 0 Å². The third kappa shape index (κ3) is 4.48. The Morgan fingerprint density at radius 1 is 1.30 bits per heavy atom. The van der Waals surface area contributed by atoms with Gasteiger partial charge in [-0.25, -0.2) is 4.39 Å². The van der Waals surface area contributed by atoms with E-state index in [0.29, 0.717) is 41.7 Å². The lowest BCUT2D eigenvalue weighted by molar-refractivity contribution is -0.143. The predicted octanol–water partition coefficient (Wildman–Crippen LogP) is 2.76. The van der Waals surface area contributed by atoms with Crippen molar-refractivity contribution in [1.82, 2.24) is 10.3 Å². The quantitative estimate of drug-likeness (QED) is 0.657. The van der Waals surface area contributed by atoms with Gasteiger partial charge in [-0.2, -0.15) is 0 Å². The van der Waals surface area contributed by atoms with Crippen LogP contribution < -0.4 is 5.32 Å². The Bertz CT molecular complexity index is 731. The minimum Gasteiger partial charge on any atom is -0.466 e. The van der Waals surface area contributed by atoms with Gasteiger partial charge in [0, 0.05) is 24.4 Å². The molecule has 0 bridgehead atoms. The minimum atomic E-state index is -0.361. The monoisotopic (exact) mass is 318 g/mol. The summed E-state index contributed by atoms with van der Waals surface area (Å²) in [6.07, 6.45) is 0.776. The van der Waals surface area contributed by atoms with Gasteiger partial charge in [-0.15, -0.1) is 0 Å². The van der Waals surface area contributed by atoms with E-state index in [1.54, 1.807) is 26.0 Å². The van der Waals surface area contributed by atoms with E-state index in [1.165, 1.54) is 12.1 Å². The summed E-state index contributed by atoms with van der Waals surface area (Å²) in [6.45, 7) is 4.19. The zero-order valence-electron chi connectivity index (χ0n) is 13.2. The molecule has 0 aliphatic heterocycles. The summed E-state index contributed by atoms with van der Waals surface area (Å²) in [5.41, 5.74) is 1.49. The van der Waals surface area contributed by atoms with Gasteiger partial charge in [0.25, 0.3) is 5.91 Å². The highest BCUT2D eigenvalue weighted by molar-refractivity contribution is 5.98. The van der Waals surface area contributed by atoms with Gasteiger partial charge >= 0.3 is 5.97 Å². The number of nitrogens with one attached hydrogen (secondary N) is 1. The highest BCUT2D eigenvalue weighted by Crippen LogP contribution is 2.17. The lowest BCUT2D eigenvalue weighted by Gasteiger charge is -2.09. The zero-order valence-corrected chi connectivity index (χ0v) is 13.2. The molecule has 0 saturated carbocycles. The number of hydrogen-bond acceptors (Lipinski definition) is 4. The van der Waals surface area contributed by atoms with Gasteiger partial charge in [-0.1, -0.05) is 0 Å². The molecule has 1 aromatic carbocycles. The number of aromatic nitrogens is 1. The Morgan fingerprint density at radius 2 is 2.09 bits per heavy atom. The van der Waals surface area contributed by atoms with E-state index in [1.807, 2.05) is 0 Å². The lowest BCUT2D eigenvalue weighted by atomic mass is 10.1. The number of halogens is 1. The number of nitrogens with zero attached hydrogens (tertiary/aromatic N) is 1. The Labute approximate surface area is 133 Å². The van der Waals surface area contributed by atoms with E-state index >= 15 is 0 Å². The van der Waals surface area contributed by atoms with Gasteiger partial charge in [0.2, 0.25) is 0 Å². The van der Waals surface area contributed by atoms with Crippen LogP contribution in [0.1, 0.15) is 35.8 Å². The van der Waals surface area contributed by atoms with E-state index < -0.39 is 0 Å². The molecule has 0 fully saturated rings. The Kier molecular flexibility index (Phi) is 5.62. The lowest BCUT2D eigenvalue weighted by Crippen LogP contribution is -2.26. The zero-order chi connectivity index (χ0) is 16.8. The second-order valence-corrected chi connectivity index (χ2v) is 5.12. The predicted molar refractivity (Wildman–Crippen MR) is 84.6 cm³/mol. The van der Waals surface area contributed by atoms with Crippen molar-refractivity contribution in [3.05, 3.63) is 41.3 Å². The Morgan fingerprint density at radius 3 is 2.83 bits per heavy atom. The molecule has 1 amide bonds. The van der Waals surface area contributed by atoms with Crippen LogP contribution in [-0.2, 0) is 9.53 Å². The molecule has 0 atom stereocenters. The highest BCUT2D eigenvalue weighted by Gasteiger charge is 2.12. The van der Waals surface area contributed by atoms with Crippen LogP contribution in [0.5, 0.6) is 0 Å². The van der Waals surface area contributed by atoms with Crippen LogP contribution in [0.25, 0.3) is 10.9 Å². The molecule has 0 saturated heterocycles. The molecule has 0 spiro atoms. The van der Waals surface area contributed by atoms with Gasteiger partial charge in [-0.05, 0) is 38.5 Å². The highest BCUT2D eigenvalue weighted by atomic mass is 19.1. The third-order valence-electron chi connectivity index (χ3n) is 3.36. The van der Waals surface area contributed by atoms with Gasteiger partial charge in [0.15, 0.2) is 0 Å². The summed E-state index contributed by atoms with van der Waals surface area (Å²) in [7, 11) is 0. The van der Waals surface area contributed by atoms with Crippen LogP contribution in [-0.4, -0.2) is 30.0 Å². The van der Waals surface area contributed by atoms with Crippen molar-refractivity contribution < 1.29 is 18.7 Å². The number of carbonyl (C=O) groups is 2. The van der Waals surface area contributed by atoms with E-state index in [-0.39, 0.29) is 24.1 Å². The molecule has 1 aromatic heterocycles. The maximum absolute atomic E-state index is 13.2. The first kappa shape index (κ1) is 16.9. The molecule has 1 heterocycles. The number of hydrogen-bond donors (Lipinski definition) is 1. The third-order valence-corrected chi connectivity index (χ3v) is 3.36. The summed E-state index contributed by atoms with van der Waals surface area (Å²) in [4.78, 5) is 27.7. The molecule has 23 heavy (non-hydrogen) atoms. The SMILES string of the molecule is CCOC(=O)CCCNC(=O)c1cc2ccc(F)cc2nc1C. The first-order valence-electron chi connectivity index (χ1n) is 7.52. The number of pyridine rings is 1. The van der Waals surface area contributed by atoms with Gasteiger partial charge < -0.3 is 10.1 Å². The molecule has 0 unspecified atom stereocenters. The minimum absolute atomic E-state index is 0.259.